The largest absolute Gasteiger partial charge is 0.377 e. The second-order valence-electron chi connectivity index (χ2n) is 5.28. The Kier molecular flexibility index (Phi) is 5.25. The quantitative estimate of drug-likeness (QED) is 0.838. The van der Waals surface area contributed by atoms with Crippen molar-refractivity contribution in [2.75, 3.05) is 38.2 Å². The van der Waals surface area contributed by atoms with Gasteiger partial charge in [-0.1, -0.05) is 29.8 Å². The SMILES string of the molecule is COCc1nsc(N2CCN(Cc3ccccc3Cl)CC2)n1. The Bertz CT molecular complexity index is 613. The maximum absolute atomic E-state index is 6.23. The van der Waals surface area contributed by atoms with E-state index >= 15 is 0 Å². The topological polar surface area (TPSA) is 41.5 Å². The van der Waals surface area contributed by atoms with Crippen molar-refractivity contribution >= 4 is 28.3 Å². The van der Waals surface area contributed by atoms with E-state index in [4.69, 9.17) is 16.3 Å². The lowest BCUT2D eigenvalue weighted by molar-refractivity contribution is 0.179. The van der Waals surface area contributed by atoms with Gasteiger partial charge in [-0.2, -0.15) is 4.37 Å². The van der Waals surface area contributed by atoms with E-state index < -0.39 is 0 Å². The van der Waals surface area contributed by atoms with Crippen LogP contribution < -0.4 is 4.90 Å². The highest BCUT2D eigenvalue weighted by atomic mass is 35.5. The Morgan fingerprint density at radius 2 is 2.00 bits per heavy atom. The first-order valence-electron chi connectivity index (χ1n) is 7.28. The summed E-state index contributed by atoms with van der Waals surface area (Å²) in [4.78, 5) is 9.23. The van der Waals surface area contributed by atoms with E-state index in [0.717, 1.165) is 48.7 Å². The van der Waals surface area contributed by atoms with Gasteiger partial charge in [0.25, 0.3) is 0 Å². The van der Waals surface area contributed by atoms with E-state index in [1.54, 1.807) is 7.11 Å². The van der Waals surface area contributed by atoms with Crippen LogP contribution in [-0.2, 0) is 17.9 Å². The lowest BCUT2D eigenvalue weighted by Gasteiger charge is -2.34. The molecule has 0 spiro atoms. The van der Waals surface area contributed by atoms with Crippen molar-refractivity contribution in [2.45, 2.75) is 13.2 Å². The van der Waals surface area contributed by atoms with Gasteiger partial charge in [0.1, 0.15) is 6.61 Å². The molecule has 0 atom stereocenters. The summed E-state index contributed by atoms with van der Waals surface area (Å²) in [5, 5.41) is 1.84. The lowest BCUT2D eigenvalue weighted by atomic mass is 10.2. The van der Waals surface area contributed by atoms with Crippen molar-refractivity contribution in [1.29, 1.82) is 0 Å². The zero-order chi connectivity index (χ0) is 15.4. The van der Waals surface area contributed by atoms with E-state index in [0.29, 0.717) is 6.61 Å². The van der Waals surface area contributed by atoms with Gasteiger partial charge in [0.15, 0.2) is 5.82 Å². The molecule has 118 valence electrons. The molecule has 22 heavy (non-hydrogen) atoms. The number of rotatable bonds is 5. The fraction of sp³-hybridized carbons (Fsp3) is 0.467. The van der Waals surface area contributed by atoms with E-state index in [1.165, 1.54) is 17.1 Å². The van der Waals surface area contributed by atoms with Crippen molar-refractivity contribution in [2.24, 2.45) is 0 Å². The zero-order valence-electron chi connectivity index (χ0n) is 12.5. The number of hydrogen-bond donors (Lipinski definition) is 0. The number of anilines is 1. The van der Waals surface area contributed by atoms with Crippen LogP contribution in [0.5, 0.6) is 0 Å². The smallest absolute Gasteiger partial charge is 0.205 e. The predicted molar refractivity (Wildman–Crippen MR) is 89.6 cm³/mol. The molecule has 1 fully saturated rings. The number of hydrogen-bond acceptors (Lipinski definition) is 6. The first-order chi connectivity index (χ1) is 10.8. The summed E-state index contributed by atoms with van der Waals surface area (Å²) in [6, 6.07) is 8.05. The summed E-state index contributed by atoms with van der Waals surface area (Å²) in [6.07, 6.45) is 0. The zero-order valence-corrected chi connectivity index (χ0v) is 14.1. The number of nitrogens with zero attached hydrogens (tertiary/aromatic N) is 4. The molecule has 2 heterocycles. The molecule has 0 radical (unpaired) electrons. The number of aromatic nitrogens is 2. The Balaban J connectivity index is 1.54. The Hall–Kier alpha value is -1.21. The average molecular weight is 339 g/mol. The van der Waals surface area contributed by atoms with Crippen molar-refractivity contribution in [3.05, 3.63) is 40.7 Å². The van der Waals surface area contributed by atoms with Crippen LogP contribution in [0, 0.1) is 0 Å². The minimum Gasteiger partial charge on any atom is -0.377 e. The van der Waals surface area contributed by atoms with Gasteiger partial charge >= 0.3 is 0 Å². The van der Waals surface area contributed by atoms with Crippen LogP contribution >= 0.6 is 23.1 Å². The van der Waals surface area contributed by atoms with Gasteiger partial charge in [-0.25, -0.2) is 4.98 Å². The summed E-state index contributed by atoms with van der Waals surface area (Å²) in [7, 11) is 1.66. The first kappa shape index (κ1) is 15.7. The second kappa shape index (κ2) is 7.37. The van der Waals surface area contributed by atoms with Crippen LogP contribution in [0.2, 0.25) is 5.02 Å². The van der Waals surface area contributed by atoms with Gasteiger partial charge < -0.3 is 9.64 Å². The van der Waals surface area contributed by atoms with Gasteiger partial charge in [-0.15, -0.1) is 0 Å². The van der Waals surface area contributed by atoms with Crippen molar-refractivity contribution in [1.82, 2.24) is 14.3 Å². The van der Waals surface area contributed by atoms with Crippen LogP contribution in [0.1, 0.15) is 11.4 Å². The fourth-order valence-electron chi connectivity index (χ4n) is 2.53. The summed E-state index contributed by atoms with van der Waals surface area (Å²) < 4.78 is 9.38. The molecule has 0 N–H and O–H groups in total. The molecule has 0 aliphatic carbocycles. The molecule has 0 bridgehead atoms. The molecular weight excluding hydrogens is 320 g/mol. The number of methoxy groups -OCH3 is 1. The molecule has 5 nitrogen and oxygen atoms in total. The summed E-state index contributed by atoms with van der Waals surface area (Å²) in [5.74, 6) is 0.765. The molecule has 7 heteroatoms. The average Bonchev–Trinajstić information content (AvgIpc) is 2.99. The number of benzene rings is 1. The minimum atomic E-state index is 0.475. The van der Waals surface area contributed by atoms with Crippen LogP contribution in [-0.4, -0.2) is 47.5 Å². The normalized spacial score (nSPS) is 16.2. The standard InChI is InChI=1S/C15H19ClN4OS/c1-21-11-14-17-15(22-18-14)20-8-6-19(7-9-20)10-12-4-2-3-5-13(12)16/h2-5H,6-11H2,1H3. The molecule has 1 aromatic carbocycles. The Morgan fingerprint density at radius 3 is 2.73 bits per heavy atom. The van der Waals surface area contributed by atoms with Crippen LogP contribution in [0.4, 0.5) is 5.13 Å². The molecule has 2 aromatic rings. The number of halogens is 1. The Labute approximate surface area is 139 Å². The fourth-order valence-corrected chi connectivity index (χ4v) is 3.45. The molecule has 0 saturated carbocycles. The van der Waals surface area contributed by atoms with Gasteiger partial charge in [-0.3, -0.25) is 4.90 Å². The summed E-state index contributed by atoms with van der Waals surface area (Å²) in [5.41, 5.74) is 1.19. The van der Waals surface area contributed by atoms with Gasteiger partial charge in [0.2, 0.25) is 5.13 Å². The molecule has 1 aliphatic heterocycles. The summed E-state index contributed by atoms with van der Waals surface area (Å²) >= 11 is 7.68. The minimum absolute atomic E-state index is 0.475. The maximum Gasteiger partial charge on any atom is 0.205 e. The van der Waals surface area contributed by atoms with Gasteiger partial charge in [0, 0.05) is 56.4 Å². The monoisotopic (exact) mass is 338 g/mol. The van der Waals surface area contributed by atoms with E-state index in [-0.39, 0.29) is 0 Å². The Morgan fingerprint density at radius 1 is 1.23 bits per heavy atom. The highest BCUT2D eigenvalue weighted by molar-refractivity contribution is 7.09. The highest BCUT2D eigenvalue weighted by Gasteiger charge is 2.20. The van der Waals surface area contributed by atoms with Gasteiger partial charge in [0.05, 0.1) is 0 Å². The predicted octanol–water partition coefficient (Wildman–Crippen LogP) is 2.66. The molecule has 0 amide bonds. The van der Waals surface area contributed by atoms with E-state index in [2.05, 4.69) is 25.2 Å². The third-order valence-electron chi connectivity index (χ3n) is 3.73. The number of piperazine rings is 1. The van der Waals surface area contributed by atoms with E-state index in [1.807, 2.05) is 18.2 Å². The molecule has 3 rings (SSSR count). The third kappa shape index (κ3) is 3.76. The third-order valence-corrected chi connectivity index (χ3v) is 4.91. The molecular formula is C15H19ClN4OS. The molecule has 1 saturated heterocycles. The second-order valence-corrected chi connectivity index (χ2v) is 6.42. The molecule has 1 aromatic heterocycles. The maximum atomic E-state index is 6.23. The van der Waals surface area contributed by atoms with Crippen LogP contribution in [0.15, 0.2) is 24.3 Å². The van der Waals surface area contributed by atoms with Crippen LogP contribution in [0.25, 0.3) is 0 Å². The highest BCUT2D eigenvalue weighted by Crippen LogP contribution is 2.21. The van der Waals surface area contributed by atoms with Crippen LogP contribution in [0.3, 0.4) is 0 Å². The number of ether oxygens (including phenoxy) is 1. The first-order valence-corrected chi connectivity index (χ1v) is 8.43. The summed E-state index contributed by atoms with van der Waals surface area (Å²) in [6.45, 7) is 5.31. The van der Waals surface area contributed by atoms with E-state index in [9.17, 15) is 0 Å². The van der Waals surface area contributed by atoms with Crippen molar-refractivity contribution < 1.29 is 4.74 Å². The lowest BCUT2D eigenvalue weighted by Crippen LogP contribution is -2.46. The molecule has 0 unspecified atom stereocenters. The van der Waals surface area contributed by atoms with Gasteiger partial charge in [-0.05, 0) is 11.6 Å². The van der Waals surface area contributed by atoms with Crippen molar-refractivity contribution in [3.63, 3.8) is 0 Å². The molecule has 1 aliphatic rings. The van der Waals surface area contributed by atoms with Crippen molar-refractivity contribution in [3.8, 4) is 0 Å².